The quantitative estimate of drug-likeness (QED) is 0.215. The van der Waals surface area contributed by atoms with Crippen molar-refractivity contribution in [2.75, 3.05) is 17.4 Å². The molecule has 3 aromatic heterocycles. The third kappa shape index (κ3) is 4.17. The smallest absolute Gasteiger partial charge is 0.382 e. The van der Waals surface area contributed by atoms with Crippen LogP contribution in [0.1, 0.15) is 12.6 Å². The van der Waals surface area contributed by atoms with E-state index in [9.17, 15) is 9.46 Å². The number of imidazole rings is 1. The number of ether oxygens (including phenoxy) is 1. The second-order valence-electron chi connectivity index (χ2n) is 6.38. The highest BCUT2D eigenvalue weighted by molar-refractivity contribution is 7.54. The first kappa shape index (κ1) is 20.0. The number of azide groups is 1. The number of aromatic nitrogens is 5. The third-order valence-electron chi connectivity index (χ3n) is 4.47. The summed E-state index contributed by atoms with van der Waals surface area (Å²) < 4.78 is 25.1. The second-order valence-corrected chi connectivity index (χ2v) is 7.91. The molecule has 4 atom stereocenters. The van der Waals surface area contributed by atoms with E-state index in [-0.39, 0.29) is 12.4 Å². The Hall–Kier alpha value is -3.28. The monoisotopic (exact) mass is 432 g/mol. The van der Waals surface area contributed by atoms with E-state index in [2.05, 4.69) is 35.0 Å². The van der Waals surface area contributed by atoms with Crippen LogP contribution in [0.4, 0.5) is 11.5 Å². The maximum absolute atomic E-state index is 12.3. The van der Waals surface area contributed by atoms with E-state index < -0.39 is 26.1 Å². The number of anilines is 2. The first-order valence-corrected chi connectivity index (χ1v) is 10.3. The lowest BCUT2D eigenvalue weighted by atomic mass is 10.1. The van der Waals surface area contributed by atoms with E-state index in [0.29, 0.717) is 23.3 Å². The number of nitrogens with two attached hydrogens (primary N) is 1. The summed E-state index contributed by atoms with van der Waals surface area (Å²) in [5, 5.41) is 6.13. The first-order valence-electron chi connectivity index (χ1n) is 8.75. The van der Waals surface area contributed by atoms with Gasteiger partial charge in [0.05, 0.1) is 25.1 Å². The highest BCUT2D eigenvalue weighted by Gasteiger charge is 2.38. The predicted octanol–water partition coefficient (Wildman–Crippen LogP) is 2.00. The summed E-state index contributed by atoms with van der Waals surface area (Å²) >= 11 is 0. The molecule has 156 valence electrons. The summed E-state index contributed by atoms with van der Waals surface area (Å²) in [6.45, 7) is -0.282. The van der Waals surface area contributed by atoms with Crippen molar-refractivity contribution in [3.8, 4) is 0 Å². The fourth-order valence-corrected chi connectivity index (χ4v) is 3.99. The maximum atomic E-state index is 12.3. The van der Waals surface area contributed by atoms with Gasteiger partial charge >= 0.3 is 7.75 Å². The number of hydrogen-bond donors (Lipinski definition) is 3. The Labute approximate surface area is 169 Å². The average Bonchev–Trinajstić information content (AvgIpc) is 3.32. The number of nitrogens with one attached hydrogen (secondary N) is 1. The summed E-state index contributed by atoms with van der Waals surface area (Å²) in [5.74, 6) is 0.228. The topological polar surface area (TPSA) is 199 Å². The number of pyridine rings is 1. The SMILES string of the molecule is [N-]=[N+]=N[C@H]1C[C@H](n2cnc3c(N)ncnc32)O[C@@H]1COP(=O)(O)Nc1ccncc1. The van der Waals surface area contributed by atoms with Gasteiger partial charge in [-0.25, -0.2) is 19.5 Å². The van der Waals surface area contributed by atoms with Crippen molar-refractivity contribution in [2.24, 2.45) is 5.11 Å². The predicted molar refractivity (Wildman–Crippen MR) is 105 cm³/mol. The van der Waals surface area contributed by atoms with Crippen molar-refractivity contribution < 1.29 is 18.7 Å². The van der Waals surface area contributed by atoms with Gasteiger partial charge in [0.25, 0.3) is 0 Å². The van der Waals surface area contributed by atoms with Crippen LogP contribution in [0.2, 0.25) is 0 Å². The van der Waals surface area contributed by atoms with Gasteiger partial charge in [0.15, 0.2) is 11.5 Å². The Kier molecular flexibility index (Phi) is 5.48. The van der Waals surface area contributed by atoms with Crippen LogP contribution in [0.3, 0.4) is 0 Å². The molecular formula is C15H17N10O4P. The van der Waals surface area contributed by atoms with Crippen LogP contribution in [0, 0.1) is 0 Å². The number of fused-ring (bicyclic) bond motifs is 1. The fourth-order valence-electron chi connectivity index (χ4n) is 3.10. The molecule has 4 heterocycles. The molecule has 4 rings (SSSR count). The lowest BCUT2D eigenvalue weighted by Crippen LogP contribution is -2.25. The summed E-state index contributed by atoms with van der Waals surface area (Å²) in [6, 6.07) is 2.42. The Morgan fingerprint density at radius 2 is 2.23 bits per heavy atom. The van der Waals surface area contributed by atoms with E-state index in [1.165, 1.54) is 37.2 Å². The van der Waals surface area contributed by atoms with E-state index in [1.807, 2.05) is 0 Å². The lowest BCUT2D eigenvalue weighted by Gasteiger charge is -2.19. The third-order valence-corrected chi connectivity index (χ3v) is 5.51. The molecule has 30 heavy (non-hydrogen) atoms. The summed E-state index contributed by atoms with van der Waals surface area (Å²) in [7, 11) is -4.19. The molecule has 14 nitrogen and oxygen atoms in total. The first-order chi connectivity index (χ1) is 14.5. The van der Waals surface area contributed by atoms with Crippen molar-refractivity contribution in [3.63, 3.8) is 0 Å². The van der Waals surface area contributed by atoms with Gasteiger partial charge in [-0.05, 0) is 17.7 Å². The Bertz CT molecular complexity index is 1130. The van der Waals surface area contributed by atoms with Gasteiger partial charge in [-0.2, -0.15) is 0 Å². The molecule has 0 spiro atoms. The van der Waals surface area contributed by atoms with Crippen molar-refractivity contribution in [2.45, 2.75) is 24.8 Å². The largest absolute Gasteiger partial charge is 0.430 e. The van der Waals surface area contributed by atoms with Gasteiger partial charge in [-0.1, -0.05) is 5.11 Å². The van der Waals surface area contributed by atoms with Crippen molar-refractivity contribution >= 4 is 30.4 Å². The van der Waals surface area contributed by atoms with Gasteiger partial charge in [-0.3, -0.25) is 19.2 Å². The standard InChI is InChI=1S/C15H17N10O4P/c16-14-13-15(20-7-19-14)25(8-21-13)12-5-10(22-24-17)11(29-12)6-28-30(26,27)23-9-1-3-18-4-2-9/h1-4,7-8,10-12H,5-6H2,(H2,16,19,20)(H2,18,23,26,27)/t10-,11+,12+/m0/s1. The zero-order valence-corrected chi connectivity index (χ0v) is 16.3. The molecule has 0 saturated carbocycles. The van der Waals surface area contributed by atoms with Gasteiger partial charge in [-0.15, -0.1) is 0 Å². The minimum absolute atomic E-state index is 0.228. The summed E-state index contributed by atoms with van der Waals surface area (Å²) in [4.78, 5) is 29.0. The summed E-state index contributed by atoms with van der Waals surface area (Å²) in [5.41, 5.74) is 15.9. The van der Waals surface area contributed by atoms with Crippen LogP contribution in [-0.2, 0) is 13.8 Å². The van der Waals surface area contributed by atoms with Gasteiger partial charge in [0.1, 0.15) is 18.1 Å². The minimum Gasteiger partial charge on any atom is -0.382 e. The molecule has 1 saturated heterocycles. The molecule has 1 aliphatic rings. The molecule has 0 bridgehead atoms. The molecule has 0 aliphatic carbocycles. The van der Waals surface area contributed by atoms with Crippen molar-refractivity contribution in [3.05, 3.63) is 47.6 Å². The van der Waals surface area contributed by atoms with Gasteiger partial charge in [0.2, 0.25) is 0 Å². The van der Waals surface area contributed by atoms with Crippen molar-refractivity contribution in [1.82, 2.24) is 24.5 Å². The molecule has 1 unspecified atom stereocenters. The van der Waals surface area contributed by atoms with Crippen LogP contribution in [0.15, 0.2) is 42.3 Å². The van der Waals surface area contributed by atoms with Gasteiger partial charge < -0.3 is 15.4 Å². The van der Waals surface area contributed by atoms with E-state index in [0.717, 1.165) is 0 Å². The van der Waals surface area contributed by atoms with Crippen LogP contribution in [0.25, 0.3) is 21.6 Å². The van der Waals surface area contributed by atoms with Crippen molar-refractivity contribution in [1.29, 1.82) is 0 Å². The second kappa shape index (κ2) is 8.22. The molecule has 0 aromatic carbocycles. The van der Waals surface area contributed by atoms with Crippen LogP contribution >= 0.6 is 7.75 Å². The molecule has 1 aliphatic heterocycles. The number of rotatable bonds is 7. The molecule has 0 amide bonds. The highest BCUT2D eigenvalue weighted by atomic mass is 31.2. The Morgan fingerprint density at radius 3 is 3.00 bits per heavy atom. The molecular weight excluding hydrogens is 415 g/mol. The molecule has 3 aromatic rings. The Balaban J connectivity index is 1.48. The fraction of sp³-hybridized carbons (Fsp3) is 0.333. The number of hydrogen-bond acceptors (Lipinski definition) is 9. The zero-order chi connectivity index (χ0) is 21.1. The van der Waals surface area contributed by atoms with Crippen LogP contribution in [0.5, 0.6) is 0 Å². The minimum atomic E-state index is -4.19. The maximum Gasteiger partial charge on any atom is 0.430 e. The molecule has 15 heteroatoms. The van der Waals surface area contributed by atoms with Crippen LogP contribution in [-0.4, -0.2) is 48.1 Å². The van der Waals surface area contributed by atoms with Gasteiger partial charge in [0, 0.05) is 29.4 Å². The van der Waals surface area contributed by atoms with E-state index in [4.69, 9.17) is 20.5 Å². The molecule has 0 radical (unpaired) electrons. The number of nitrogens with zero attached hydrogens (tertiary/aromatic N) is 8. The normalized spacial score (nSPS) is 23.0. The Morgan fingerprint density at radius 1 is 1.43 bits per heavy atom. The van der Waals surface area contributed by atoms with E-state index in [1.54, 1.807) is 4.57 Å². The summed E-state index contributed by atoms with van der Waals surface area (Å²) in [6.07, 6.45) is 4.69. The molecule has 4 N–H and O–H groups in total. The van der Waals surface area contributed by atoms with Crippen LogP contribution < -0.4 is 10.8 Å². The lowest BCUT2D eigenvalue weighted by molar-refractivity contribution is -0.0197. The average molecular weight is 432 g/mol. The molecule has 1 fully saturated rings. The zero-order valence-electron chi connectivity index (χ0n) is 15.4. The highest BCUT2D eigenvalue weighted by Crippen LogP contribution is 2.43. The number of nitrogen functional groups attached to an aromatic ring is 1. The van der Waals surface area contributed by atoms with E-state index >= 15 is 0 Å².